The number of fused-ring (bicyclic) bond motifs is 1. The minimum absolute atomic E-state index is 0.0422. The molecule has 0 saturated carbocycles. The van der Waals surface area contributed by atoms with Crippen molar-refractivity contribution in [1.29, 1.82) is 0 Å². The lowest BCUT2D eigenvalue weighted by Crippen LogP contribution is -2.31. The smallest absolute Gasteiger partial charge is 0.220 e. The molecule has 0 radical (unpaired) electrons. The van der Waals surface area contributed by atoms with Crippen molar-refractivity contribution in [2.24, 2.45) is 0 Å². The summed E-state index contributed by atoms with van der Waals surface area (Å²) in [5.74, 6) is -0.779. The molecule has 2 aromatic rings. The summed E-state index contributed by atoms with van der Waals surface area (Å²) in [6.07, 6.45) is 2.35. The predicted molar refractivity (Wildman–Crippen MR) is 77.2 cm³/mol. The third kappa shape index (κ3) is 2.85. The van der Waals surface area contributed by atoms with Gasteiger partial charge in [0.1, 0.15) is 17.4 Å². The minimum atomic E-state index is -0.601. The third-order valence-electron chi connectivity index (χ3n) is 3.76. The number of nitrogens with zero attached hydrogens (tertiary/aromatic N) is 3. The van der Waals surface area contributed by atoms with Crippen molar-refractivity contribution in [3.05, 3.63) is 46.8 Å². The van der Waals surface area contributed by atoms with E-state index in [0.29, 0.717) is 19.5 Å². The average Bonchev–Trinajstić information content (AvgIpc) is 2.50. The molecule has 2 N–H and O–H groups in total. The molecule has 0 amide bonds. The second-order valence-corrected chi connectivity index (χ2v) is 5.23. The fourth-order valence-electron chi connectivity index (χ4n) is 2.60. The van der Waals surface area contributed by atoms with E-state index in [2.05, 4.69) is 9.97 Å². The topological polar surface area (TPSA) is 64.3 Å². The molecule has 1 aliphatic heterocycles. The quantitative estimate of drug-likeness (QED) is 0.938. The Bertz CT molecular complexity index is 685. The Morgan fingerprint density at radius 2 is 2.05 bits per heavy atom. The first-order valence-corrected chi connectivity index (χ1v) is 6.91. The molecule has 2 heterocycles. The highest BCUT2D eigenvalue weighted by Crippen LogP contribution is 2.24. The van der Waals surface area contributed by atoms with Crippen LogP contribution in [0, 0.1) is 11.6 Å². The highest BCUT2D eigenvalue weighted by atomic mass is 19.1. The SMILES string of the molecule is COc1cc(F)c(CN2CCc3nc(N)ncc3C2)c(F)c1. The number of methoxy groups -OCH3 is 1. The van der Waals surface area contributed by atoms with Crippen LogP contribution in [0.4, 0.5) is 14.7 Å². The van der Waals surface area contributed by atoms with Crippen LogP contribution >= 0.6 is 0 Å². The number of ether oxygens (including phenoxy) is 1. The summed E-state index contributed by atoms with van der Waals surface area (Å²) in [4.78, 5) is 10.1. The summed E-state index contributed by atoms with van der Waals surface area (Å²) in [7, 11) is 1.38. The predicted octanol–water partition coefficient (Wildman–Crippen LogP) is 1.90. The van der Waals surface area contributed by atoms with E-state index in [1.54, 1.807) is 6.20 Å². The number of hydrogen-bond donors (Lipinski definition) is 1. The highest BCUT2D eigenvalue weighted by molar-refractivity contribution is 5.31. The van der Waals surface area contributed by atoms with E-state index >= 15 is 0 Å². The molecule has 1 aromatic heterocycles. The van der Waals surface area contributed by atoms with Gasteiger partial charge >= 0.3 is 0 Å². The molecule has 5 nitrogen and oxygen atoms in total. The molecule has 7 heteroatoms. The van der Waals surface area contributed by atoms with Gasteiger partial charge in [0.05, 0.1) is 12.8 Å². The van der Waals surface area contributed by atoms with Gasteiger partial charge in [0.2, 0.25) is 5.95 Å². The Labute approximate surface area is 126 Å². The Morgan fingerprint density at radius 3 is 2.73 bits per heavy atom. The van der Waals surface area contributed by atoms with Crippen LogP contribution < -0.4 is 10.5 Å². The molecule has 0 unspecified atom stereocenters. The second kappa shape index (κ2) is 5.84. The summed E-state index contributed by atoms with van der Waals surface area (Å²) < 4.78 is 32.9. The zero-order valence-corrected chi connectivity index (χ0v) is 12.1. The number of rotatable bonds is 3. The first-order valence-electron chi connectivity index (χ1n) is 6.91. The molecule has 0 spiro atoms. The molecule has 0 bridgehead atoms. The molecular formula is C15H16F2N4O. The van der Waals surface area contributed by atoms with Crippen molar-refractivity contribution < 1.29 is 13.5 Å². The Morgan fingerprint density at radius 1 is 1.32 bits per heavy atom. The average molecular weight is 306 g/mol. The number of aromatic nitrogens is 2. The van der Waals surface area contributed by atoms with Gasteiger partial charge in [-0.3, -0.25) is 4.90 Å². The van der Waals surface area contributed by atoms with Crippen LogP contribution in [0.1, 0.15) is 16.8 Å². The molecule has 0 aliphatic carbocycles. The fraction of sp³-hybridized carbons (Fsp3) is 0.333. The van der Waals surface area contributed by atoms with Gasteiger partial charge in [-0.2, -0.15) is 0 Å². The van der Waals surface area contributed by atoms with E-state index in [1.807, 2.05) is 4.90 Å². The summed E-state index contributed by atoms with van der Waals surface area (Å²) in [5.41, 5.74) is 7.44. The van der Waals surface area contributed by atoms with Crippen LogP contribution in [0.5, 0.6) is 5.75 Å². The first kappa shape index (κ1) is 14.6. The van der Waals surface area contributed by atoms with Crippen molar-refractivity contribution in [2.75, 3.05) is 19.4 Å². The lowest BCUT2D eigenvalue weighted by Gasteiger charge is -2.28. The number of nitrogens with two attached hydrogens (primary N) is 1. The zero-order chi connectivity index (χ0) is 15.7. The van der Waals surface area contributed by atoms with Crippen molar-refractivity contribution >= 4 is 5.95 Å². The molecule has 0 fully saturated rings. The van der Waals surface area contributed by atoms with Crippen LogP contribution in [0.15, 0.2) is 18.3 Å². The van der Waals surface area contributed by atoms with Gasteiger partial charge in [-0.05, 0) is 0 Å². The number of anilines is 1. The van der Waals surface area contributed by atoms with Crippen LogP contribution in [-0.2, 0) is 19.5 Å². The maximum absolute atomic E-state index is 14.0. The molecular weight excluding hydrogens is 290 g/mol. The summed E-state index contributed by atoms with van der Waals surface area (Å²) in [6.45, 7) is 1.39. The Balaban J connectivity index is 1.79. The number of halogens is 2. The van der Waals surface area contributed by atoms with E-state index in [0.717, 1.165) is 11.3 Å². The van der Waals surface area contributed by atoms with E-state index in [4.69, 9.17) is 10.5 Å². The van der Waals surface area contributed by atoms with Crippen LogP contribution in [0.25, 0.3) is 0 Å². The summed E-state index contributed by atoms with van der Waals surface area (Å²) in [6, 6.07) is 2.39. The maximum atomic E-state index is 14.0. The van der Waals surface area contributed by atoms with Crippen LogP contribution in [-0.4, -0.2) is 28.5 Å². The number of benzene rings is 1. The van der Waals surface area contributed by atoms with Gasteiger partial charge in [0.25, 0.3) is 0 Å². The van der Waals surface area contributed by atoms with E-state index in [9.17, 15) is 8.78 Å². The van der Waals surface area contributed by atoms with E-state index in [1.165, 1.54) is 19.2 Å². The molecule has 0 atom stereocenters. The molecule has 3 rings (SSSR count). The molecule has 1 aliphatic rings. The van der Waals surface area contributed by atoms with Gasteiger partial charge < -0.3 is 10.5 Å². The van der Waals surface area contributed by atoms with Gasteiger partial charge in [-0.15, -0.1) is 0 Å². The lowest BCUT2D eigenvalue weighted by atomic mass is 10.1. The Kier molecular flexibility index (Phi) is 3.89. The monoisotopic (exact) mass is 306 g/mol. The van der Waals surface area contributed by atoms with Crippen molar-refractivity contribution in [3.8, 4) is 5.75 Å². The van der Waals surface area contributed by atoms with Crippen molar-refractivity contribution in [2.45, 2.75) is 19.5 Å². The van der Waals surface area contributed by atoms with E-state index < -0.39 is 11.6 Å². The van der Waals surface area contributed by atoms with Gasteiger partial charge in [-0.1, -0.05) is 0 Å². The maximum Gasteiger partial charge on any atom is 0.220 e. The van der Waals surface area contributed by atoms with Crippen molar-refractivity contribution in [3.63, 3.8) is 0 Å². The second-order valence-electron chi connectivity index (χ2n) is 5.23. The Hall–Kier alpha value is -2.28. The largest absolute Gasteiger partial charge is 0.497 e. The van der Waals surface area contributed by atoms with Crippen LogP contribution in [0.2, 0.25) is 0 Å². The minimum Gasteiger partial charge on any atom is -0.497 e. The molecule has 22 heavy (non-hydrogen) atoms. The van der Waals surface area contributed by atoms with Crippen LogP contribution in [0.3, 0.4) is 0 Å². The van der Waals surface area contributed by atoms with Crippen molar-refractivity contribution in [1.82, 2.24) is 14.9 Å². The van der Waals surface area contributed by atoms with Gasteiger partial charge in [-0.25, -0.2) is 18.7 Å². The zero-order valence-electron chi connectivity index (χ0n) is 12.1. The number of nitrogen functional groups attached to an aromatic ring is 1. The third-order valence-corrected chi connectivity index (χ3v) is 3.76. The standard InChI is InChI=1S/C15H16F2N4O/c1-22-10-4-12(16)11(13(17)5-10)8-21-3-2-14-9(7-21)6-19-15(18)20-14/h4-6H,2-3,7-8H2,1H3,(H2,18,19,20). The normalized spacial score (nSPS) is 14.7. The summed E-state index contributed by atoms with van der Waals surface area (Å²) in [5, 5.41) is 0. The number of hydrogen-bond acceptors (Lipinski definition) is 5. The fourth-order valence-corrected chi connectivity index (χ4v) is 2.60. The van der Waals surface area contributed by atoms with E-state index in [-0.39, 0.29) is 23.8 Å². The highest BCUT2D eigenvalue weighted by Gasteiger charge is 2.21. The summed E-state index contributed by atoms with van der Waals surface area (Å²) >= 11 is 0. The molecule has 0 saturated heterocycles. The molecule has 1 aromatic carbocycles. The lowest BCUT2D eigenvalue weighted by molar-refractivity contribution is 0.235. The first-order chi connectivity index (χ1) is 10.6. The van der Waals surface area contributed by atoms with Gasteiger partial charge in [0, 0.05) is 55.5 Å². The van der Waals surface area contributed by atoms with Gasteiger partial charge in [0.15, 0.2) is 0 Å². The molecule has 116 valence electrons.